The van der Waals surface area contributed by atoms with Gasteiger partial charge in [-0.2, -0.15) is 4.31 Å². The third kappa shape index (κ3) is 5.11. The number of carbonyl (C=O) groups is 2. The zero-order valence-electron chi connectivity index (χ0n) is 17.7. The summed E-state index contributed by atoms with van der Waals surface area (Å²) in [6.45, 7) is 0.145. The van der Waals surface area contributed by atoms with E-state index in [1.54, 1.807) is 18.2 Å². The van der Waals surface area contributed by atoms with Crippen molar-refractivity contribution in [3.8, 4) is 17.2 Å². The van der Waals surface area contributed by atoms with E-state index >= 15 is 0 Å². The Bertz CT molecular complexity index is 1110. The van der Waals surface area contributed by atoms with Crippen molar-refractivity contribution in [1.29, 1.82) is 0 Å². The predicted octanol–water partition coefficient (Wildman–Crippen LogP) is 1.99. The number of nitrogens with zero attached hydrogens (tertiary/aromatic N) is 1. The molecular formula is C21H24N2O8S. The molecule has 0 radical (unpaired) electrons. The first-order valence-corrected chi connectivity index (χ1v) is 11.2. The number of nitrogens with one attached hydrogen (secondary N) is 1. The summed E-state index contributed by atoms with van der Waals surface area (Å²) >= 11 is 0. The van der Waals surface area contributed by atoms with Crippen molar-refractivity contribution in [3.63, 3.8) is 0 Å². The van der Waals surface area contributed by atoms with E-state index in [1.165, 1.54) is 24.6 Å². The molecule has 1 fully saturated rings. The highest BCUT2D eigenvalue weighted by atomic mass is 32.2. The number of phenolic OH excluding ortho intramolecular Hbond substituents is 1. The van der Waals surface area contributed by atoms with Gasteiger partial charge in [0.15, 0.2) is 6.61 Å². The first kappa shape index (κ1) is 23.4. The van der Waals surface area contributed by atoms with Gasteiger partial charge in [0.25, 0.3) is 5.91 Å². The molecule has 32 heavy (non-hydrogen) atoms. The van der Waals surface area contributed by atoms with Crippen molar-refractivity contribution in [2.75, 3.05) is 39.2 Å². The van der Waals surface area contributed by atoms with Gasteiger partial charge in [0.05, 0.1) is 24.8 Å². The zero-order chi connectivity index (χ0) is 23.3. The van der Waals surface area contributed by atoms with Crippen molar-refractivity contribution < 1.29 is 37.3 Å². The first-order chi connectivity index (χ1) is 15.3. The number of anilines is 1. The minimum absolute atomic E-state index is 0.128. The number of sulfonamides is 1. The molecule has 1 saturated heterocycles. The van der Waals surface area contributed by atoms with Crippen LogP contribution in [-0.4, -0.2) is 63.6 Å². The largest absolute Gasteiger partial charge is 0.507 e. The maximum Gasteiger partial charge on any atom is 0.342 e. The lowest BCUT2D eigenvalue weighted by Gasteiger charge is -2.16. The lowest BCUT2D eigenvalue weighted by Crippen LogP contribution is -2.28. The second kappa shape index (κ2) is 9.88. The fourth-order valence-electron chi connectivity index (χ4n) is 3.21. The average molecular weight is 464 g/mol. The topological polar surface area (TPSA) is 131 Å². The molecule has 172 valence electrons. The number of methoxy groups -OCH3 is 2. The normalized spacial score (nSPS) is 14.1. The molecule has 1 aliphatic rings. The van der Waals surface area contributed by atoms with Crippen LogP contribution in [0.5, 0.6) is 17.2 Å². The molecule has 0 atom stereocenters. The van der Waals surface area contributed by atoms with Crippen LogP contribution in [-0.2, 0) is 19.6 Å². The smallest absolute Gasteiger partial charge is 0.342 e. The van der Waals surface area contributed by atoms with Gasteiger partial charge in [-0.25, -0.2) is 13.2 Å². The lowest BCUT2D eigenvalue weighted by molar-refractivity contribution is -0.119. The predicted molar refractivity (Wildman–Crippen MR) is 115 cm³/mol. The van der Waals surface area contributed by atoms with Gasteiger partial charge < -0.3 is 24.6 Å². The Kier molecular flexibility index (Phi) is 7.21. The fraction of sp³-hybridized carbons (Fsp3) is 0.333. The Morgan fingerprint density at radius 2 is 1.78 bits per heavy atom. The quantitative estimate of drug-likeness (QED) is 0.567. The average Bonchev–Trinajstić information content (AvgIpc) is 3.34. The van der Waals surface area contributed by atoms with Crippen LogP contribution in [0.15, 0.2) is 41.3 Å². The van der Waals surface area contributed by atoms with Crippen LogP contribution >= 0.6 is 0 Å². The van der Waals surface area contributed by atoms with Gasteiger partial charge in [-0.05, 0) is 43.2 Å². The minimum atomic E-state index is -3.79. The summed E-state index contributed by atoms with van der Waals surface area (Å²) in [6, 6.07) is 8.15. The highest BCUT2D eigenvalue weighted by molar-refractivity contribution is 7.89. The van der Waals surface area contributed by atoms with Gasteiger partial charge in [-0.3, -0.25) is 4.79 Å². The van der Waals surface area contributed by atoms with E-state index in [0.29, 0.717) is 30.3 Å². The number of phenols is 1. The van der Waals surface area contributed by atoms with Gasteiger partial charge in [0.1, 0.15) is 22.8 Å². The number of esters is 1. The Balaban J connectivity index is 1.68. The molecule has 1 amide bonds. The summed E-state index contributed by atoms with van der Waals surface area (Å²) in [6.07, 6.45) is 1.53. The number of benzene rings is 2. The first-order valence-electron chi connectivity index (χ1n) is 9.78. The summed E-state index contributed by atoms with van der Waals surface area (Å²) in [4.78, 5) is 24.5. The van der Waals surface area contributed by atoms with Crippen LogP contribution in [0.2, 0.25) is 0 Å². The summed E-state index contributed by atoms with van der Waals surface area (Å²) in [5, 5.41) is 12.6. The molecule has 0 aliphatic carbocycles. The number of aromatic hydroxyl groups is 1. The van der Waals surface area contributed by atoms with Crippen LogP contribution in [0.1, 0.15) is 23.2 Å². The third-order valence-electron chi connectivity index (χ3n) is 4.91. The van der Waals surface area contributed by atoms with Crippen molar-refractivity contribution >= 4 is 27.6 Å². The van der Waals surface area contributed by atoms with Gasteiger partial charge in [-0.1, -0.05) is 0 Å². The summed E-state index contributed by atoms with van der Waals surface area (Å²) in [5.41, 5.74) is -0.00370. The van der Waals surface area contributed by atoms with Gasteiger partial charge >= 0.3 is 5.97 Å². The van der Waals surface area contributed by atoms with Crippen LogP contribution in [0.4, 0.5) is 5.69 Å². The zero-order valence-corrected chi connectivity index (χ0v) is 18.5. The molecule has 3 rings (SSSR count). The summed E-state index contributed by atoms with van der Waals surface area (Å²) in [7, 11) is -0.866. The van der Waals surface area contributed by atoms with Crippen LogP contribution in [0.3, 0.4) is 0 Å². The second-order valence-electron chi connectivity index (χ2n) is 6.98. The Morgan fingerprint density at radius 1 is 1.06 bits per heavy atom. The number of carbonyl (C=O) groups excluding carboxylic acids is 2. The number of hydrogen-bond donors (Lipinski definition) is 2. The number of amides is 1. The van der Waals surface area contributed by atoms with E-state index in [2.05, 4.69) is 5.32 Å². The number of hydrogen-bond acceptors (Lipinski definition) is 8. The molecule has 10 nitrogen and oxygen atoms in total. The molecule has 2 aromatic carbocycles. The minimum Gasteiger partial charge on any atom is -0.507 e. The molecule has 2 N–H and O–H groups in total. The number of rotatable bonds is 8. The molecule has 0 unspecified atom stereocenters. The van der Waals surface area contributed by atoms with Crippen molar-refractivity contribution in [2.24, 2.45) is 0 Å². The van der Waals surface area contributed by atoms with Crippen molar-refractivity contribution in [2.45, 2.75) is 17.7 Å². The molecule has 0 saturated carbocycles. The van der Waals surface area contributed by atoms with Crippen LogP contribution in [0.25, 0.3) is 0 Å². The molecule has 1 heterocycles. The molecule has 11 heteroatoms. The van der Waals surface area contributed by atoms with E-state index in [-0.39, 0.29) is 10.5 Å². The molecule has 1 aliphatic heterocycles. The molecule has 0 aromatic heterocycles. The molecular weight excluding hydrogens is 440 g/mol. The molecule has 2 aromatic rings. The van der Waals surface area contributed by atoms with E-state index in [9.17, 15) is 23.1 Å². The van der Waals surface area contributed by atoms with Gasteiger partial charge in [0.2, 0.25) is 10.0 Å². The summed E-state index contributed by atoms with van der Waals surface area (Å²) < 4.78 is 42.0. The Labute approximate surface area is 185 Å². The maximum absolute atomic E-state index is 12.7. The highest BCUT2D eigenvalue weighted by Crippen LogP contribution is 2.29. The standard InChI is InChI=1S/C21H24N2O8S/c1-29-14-5-7-17(19(11-14)30-2)22-20(25)13-31-21(26)16-12-15(6-8-18(16)24)32(27,28)23-9-3-4-10-23/h5-8,11-12,24H,3-4,9-10,13H2,1-2H3,(H,22,25). The fourth-order valence-corrected chi connectivity index (χ4v) is 4.76. The Morgan fingerprint density at radius 3 is 2.44 bits per heavy atom. The van der Waals surface area contributed by atoms with Crippen LogP contribution in [0, 0.1) is 0 Å². The van der Waals surface area contributed by atoms with E-state index in [4.69, 9.17) is 14.2 Å². The molecule has 0 spiro atoms. The van der Waals surface area contributed by atoms with E-state index in [1.807, 2.05) is 0 Å². The second-order valence-corrected chi connectivity index (χ2v) is 8.92. The maximum atomic E-state index is 12.7. The van der Waals surface area contributed by atoms with Crippen LogP contribution < -0.4 is 14.8 Å². The monoisotopic (exact) mass is 464 g/mol. The van der Waals surface area contributed by atoms with Gasteiger partial charge in [0, 0.05) is 19.2 Å². The Hall–Kier alpha value is -3.31. The van der Waals surface area contributed by atoms with E-state index in [0.717, 1.165) is 25.0 Å². The third-order valence-corrected chi connectivity index (χ3v) is 6.80. The van der Waals surface area contributed by atoms with Crippen molar-refractivity contribution in [3.05, 3.63) is 42.0 Å². The number of ether oxygens (including phenoxy) is 3. The van der Waals surface area contributed by atoms with Crippen molar-refractivity contribution in [1.82, 2.24) is 4.31 Å². The highest BCUT2D eigenvalue weighted by Gasteiger charge is 2.29. The summed E-state index contributed by atoms with van der Waals surface area (Å²) in [5.74, 6) is -1.25. The van der Waals surface area contributed by atoms with Gasteiger partial charge in [-0.15, -0.1) is 0 Å². The van der Waals surface area contributed by atoms with E-state index < -0.39 is 34.3 Å². The lowest BCUT2D eigenvalue weighted by atomic mass is 10.2. The molecule has 0 bridgehead atoms. The SMILES string of the molecule is COc1ccc(NC(=O)COC(=O)c2cc(S(=O)(=O)N3CCCC3)ccc2O)c(OC)c1.